The van der Waals surface area contributed by atoms with Crippen LogP contribution in [-0.4, -0.2) is 31.8 Å². The van der Waals surface area contributed by atoms with Crippen molar-refractivity contribution in [3.8, 4) is 5.75 Å². The molecule has 2 aliphatic rings. The normalized spacial score (nSPS) is 24.5. The van der Waals surface area contributed by atoms with Crippen LogP contribution in [0, 0.1) is 0 Å². The number of piperazine rings is 1. The predicted molar refractivity (Wildman–Crippen MR) is 91.3 cm³/mol. The molecule has 1 saturated heterocycles. The number of benzene rings is 1. The van der Waals surface area contributed by atoms with E-state index in [1.54, 1.807) is 7.11 Å². The Morgan fingerprint density at radius 2 is 2.14 bits per heavy atom. The van der Waals surface area contributed by atoms with E-state index in [0.717, 1.165) is 23.3 Å². The SMILES string of the molecule is CCC1CNC2(CCCC2)CN1c1ccc(OC)c(Br)c1. The van der Waals surface area contributed by atoms with Gasteiger partial charge in [-0.15, -0.1) is 0 Å². The molecule has 0 amide bonds. The molecule has 1 aliphatic heterocycles. The van der Waals surface area contributed by atoms with E-state index in [9.17, 15) is 0 Å². The molecule has 4 heteroatoms. The first kappa shape index (κ1) is 15.2. The maximum absolute atomic E-state index is 5.36. The predicted octanol–water partition coefficient (Wildman–Crippen LogP) is 3.96. The fourth-order valence-electron chi connectivity index (χ4n) is 3.84. The highest BCUT2D eigenvalue weighted by Gasteiger charge is 2.40. The molecule has 1 spiro atoms. The zero-order valence-corrected chi connectivity index (χ0v) is 14.6. The van der Waals surface area contributed by atoms with Crippen molar-refractivity contribution in [2.75, 3.05) is 25.1 Å². The van der Waals surface area contributed by atoms with Gasteiger partial charge in [-0.3, -0.25) is 0 Å². The van der Waals surface area contributed by atoms with Crippen LogP contribution in [0.1, 0.15) is 39.0 Å². The van der Waals surface area contributed by atoms with Crippen molar-refractivity contribution in [2.24, 2.45) is 0 Å². The second-order valence-electron chi connectivity index (χ2n) is 6.38. The summed E-state index contributed by atoms with van der Waals surface area (Å²) in [5.74, 6) is 0.900. The van der Waals surface area contributed by atoms with E-state index in [1.165, 1.54) is 37.8 Å². The number of ether oxygens (including phenoxy) is 1. The average molecular weight is 353 g/mol. The molecule has 21 heavy (non-hydrogen) atoms. The number of anilines is 1. The quantitative estimate of drug-likeness (QED) is 0.890. The summed E-state index contributed by atoms with van der Waals surface area (Å²) in [6.07, 6.45) is 6.54. The number of halogens is 1. The minimum atomic E-state index is 0.345. The zero-order valence-electron chi connectivity index (χ0n) is 13.0. The molecule has 1 heterocycles. The van der Waals surface area contributed by atoms with Crippen molar-refractivity contribution in [2.45, 2.75) is 50.6 Å². The number of nitrogens with one attached hydrogen (secondary N) is 1. The summed E-state index contributed by atoms with van der Waals surface area (Å²) in [6.45, 7) is 4.51. The lowest BCUT2D eigenvalue weighted by Gasteiger charge is -2.47. The van der Waals surface area contributed by atoms with E-state index in [0.29, 0.717) is 11.6 Å². The van der Waals surface area contributed by atoms with E-state index in [1.807, 2.05) is 0 Å². The molecule has 1 aliphatic carbocycles. The Bertz CT molecular complexity index is 500. The molecular formula is C17H25BrN2O. The summed E-state index contributed by atoms with van der Waals surface area (Å²) in [6, 6.07) is 7.04. The van der Waals surface area contributed by atoms with Gasteiger partial charge in [-0.25, -0.2) is 0 Å². The van der Waals surface area contributed by atoms with Crippen LogP contribution in [0.25, 0.3) is 0 Å². The fourth-order valence-corrected chi connectivity index (χ4v) is 4.37. The first-order chi connectivity index (χ1) is 10.2. The third-order valence-corrected chi connectivity index (χ3v) is 5.75. The van der Waals surface area contributed by atoms with Crippen LogP contribution in [0.15, 0.2) is 22.7 Å². The minimum absolute atomic E-state index is 0.345. The molecule has 0 radical (unpaired) electrons. The lowest BCUT2D eigenvalue weighted by atomic mass is 9.91. The number of nitrogens with zero attached hydrogens (tertiary/aromatic N) is 1. The van der Waals surface area contributed by atoms with E-state index in [4.69, 9.17) is 4.74 Å². The van der Waals surface area contributed by atoms with E-state index in [-0.39, 0.29) is 0 Å². The van der Waals surface area contributed by atoms with E-state index < -0.39 is 0 Å². The second-order valence-corrected chi connectivity index (χ2v) is 7.23. The Morgan fingerprint density at radius 1 is 1.38 bits per heavy atom. The van der Waals surface area contributed by atoms with Gasteiger partial charge < -0.3 is 15.0 Å². The summed E-state index contributed by atoms with van der Waals surface area (Å²) in [4.78, 5) is 2.60. The molecule has 116 valence electrons. The lowest BCUT2D eigenvalue weighted by molar-refractivity contribution is 0.267. The van der Waals surface area contributed by atoms with Crippen molar-refractivity contribution in [1.29, 1.82) is 0 Å². The van der Waals surface area contributed by atoms with Crippen LogP contribution in [0.4, 0.5) is 5.69 Å². The van der Waals surface area contributed by atoms with E-state index >= 15 is 0 Å². The van der Waals surface area contributed by atoms with Gasteiger partial charge in [0.05, 0.1) is 11.6 Å². The first-order valence-corrected chi connectivity index (χ1v) is 8.82. The fraction of sp³-hybridized carbons (Fsp3) is 0.647. The van der Waals surface area contributed by atoms with Gasteiger partial charge >= 0.3 is 0 Å². The first-order valence-electron chi connectivity index (χ1n) is 8.03. The Morgan fingerprint density at radius 3 is 2.76 bits per heavy atom. The standard InChI is InChI=1S/C17H25BrN2O/c1-3-13-11-19-17(8-4-5-9-17)12-20(13)14-6-7-16(21-2)15(18)10-14/h6-7,10,13,19H,3-5,8-9,11-12H2,1-2H3. The third kappa shape index (κ3) is 2.93. The Kier molecular flexibility index (Phi) is 4.46. The van der Waals surface area contributed by atoms with Crippen molar-refractivity contribution in [3.05, 3.63) is 22.7 Å². The maximum Gasteiger partial charge on any atom is 0.133 e. The van der Waals surface area contributed by atoms with Crippen molar-refractivity contribution >= 4 is 21.6 Å². The van der Waals surface area contributed by atoms with Crippen LogP contribution < -0.4 is 15.0 Å². The minimum Gasteiger partial charge on any atom is -0.496 e. The molecule has 1 aromatic rings. The summed E-state index contributed by atoms with van der Waals surface area (Å²) in [5, 5.41) is 3.85. The molecule has 1 saturated carbocycles. The Labute approximate surface area is 136 Å². The van der Waals surface area contributed by atoms with Crippen molar-refractivity contribution < 1.29 is 4.74 Å². The van der Waals surface area contributed by atoms with Gasteiger partial charge in [-0.05, 0) is 53.4 Å². The monoisotopic (exact) mass is 352 g/mol. The molecule has 0 aromatic heterocycles. The molecule has 1 aromatic carbocycles. The maximum atomic E-state index is 5.36. The smallest absolute Gasteiger partial charge is 0.133 e. The van der Waals surface area contributed by atoms with Gasteiger partial charge in [0, 0.05) is 30.4 Å². The molecule has 1 unspecified atom stereocenters. The highest BCUT2D eigenvalue weighted by molar-refractivity contribution is 9.10. The number of hydrogen-bond donors (Lipinski definition) is 1. The van der Waals surface area contributed by atoms with Crippen molar-refractivity contribution in [3.63, 3.8) is 0 Å². The van der Waals surface area contributed by atoms with Crippen LogP contribution >= 0.6 is 15.9 Å². The molecule has 3 nitrogen and oxygen atoms in total. The van der Waals surface area contributed by atoms with Gasteiger partial charge in [-0.1, -0.05) is 19.8 Å². The molecule has 2 fully saturated rings. The molecule has 1 atom stereocenters. The summed E-state index contributed by atoms with van der Waals surface area (Å²) < 4.78 is 6.39. The molecule has 1 N–H and O–H groups in total. The topological polar surface area (TPSA) is 24.5 Å². The van der Waals surface area contributed by atoms with Crippen molar-refractivity contribution in [1.82, 2.24) is 5.32 Å². The number of hydrogen-bond acceptors (Lipinski definition) is 3. The Hall–Kier alpha value is -0.740. The Balaban J connectivity index is 1.87. The van der Waals surface area contributed by atoms with Crippen LogP contribution in [0.5, 0.6) is 5.75 Å². The summed E-state index contributed by atoms with van der Waals surface area (Å²) >= 11 is 3.62. The van der Waals surface area contributed by atoms with Gasteiger partial charge in [0.1, 0.15) is 5.75 Å². The molecule has 3 rings (SSSR count). The van der Waals surface area contributed by atoms with Gasteiger partial charge in [-0.2, -0.15) is 0 Å². The van der Waals surface area contributed by atoms with Crippen LogP contribution in [0.3, 0.4) is 0 Å². The lowest BCUT2D eigenvalue weighted by Crippen LogP contribution is -2.63. The average Bonchev–Trinajstić information content (AvgIpc) is 2.95. The number of methoxy groups -OCH3 is 1. The van der Waals surface area contributed by atoms with Crippen LogP contribution in [-0.2, 0) is 0 Å². The second kappa shape index (κ2) is 6.17. The number of rotatable bonds is 3. The zero-order chi connectivity index (χ0) is 14.9. The molecule has 0 bridgehead atoms. The largest absolute Gasteiger partial charge is 0.496 e. The van der Waals surface area contributed by atoms with Gasteiger partial charge in [0.2, 0.25) is 0 Å². The van der Waals surface area contributed by atoms with Crippen LogP contribution in [0.2, 0.25) is 0 Å². The van der Waals surface area contributed by atoms with Gasteiger partial charge in [0.15, 0.2) is 0 Å². The van der Waals surface area contributed by atoms with E-state index in [2.05, 4.69) is 51.3 Å². The highest BCUT2D eigenvalue weighted by Crippen LogP contribution is 2.37. The third-order valence-electron chi connectivity index (χ3n) is 5.13. The van der Waals surface area contributed by atoms with Gasteiger partial charge in [0.25, 0.3) is 0 Å². The summed E-state index contributed by atoms with van der Waals surface area (Å²) in [5.41, 5.74) is 1.65. The molecular weight excluding hydrogens is 328 g/mol. The highest BCUT2D eigenvalue weighted by atomic mass is 79.9. The summed E-state index contributed by atoms with van der Waals surface area (Å²) in [7, 11) is 1.72.